The highest BCUT2D eigenvalue weighted by Crippen LogP contribution is 2.26. The molecule has 0 aliphatic carbocycles. The van der Waals surface area contributed by atoms with Crippen LogP contribution in [0.2, 0.25) is 0 Å². The molecule has 204 valence electrons. The summed E-state index contributed by atoms with van der Waals surface area (Å²) in [7, 11) is 0. The highest BCUT2D eigenvalue weighted by Gasteiger charge is 2.28. The summed E-state index contributed by atoms with van der Waals surface area (Å²) >= 11 is 0. The van der Waals surface area contributed by atoms with E-state index in [9.17, 15) is 14.4 Å². The maximum atomic E-state index is 11.6. The predicted octanol–water partition coefficient (Wildman–Crippen LogP) is 5.87. The van der Waals surface area contributed by atoms with Gasteiger partial charge in [-0.15, -0.1) is 0 Å². The second kappa shape index (κ2) is 11.9. The van der Waals surface area contributed by atoms with Crippen molar-refractivity contribution in [3.63, 3.8) is 0 Å². The molecule has 2 amide bonds. The lowest BCUT2D eigenvalue weighted by Crippen LogP contribution is -2.43. The van der Waals surface area contributed by atoms with Crippen molar-refractivity contribution >= 4 is 11.8 Å². The maximum absolute atomic E-state index is 11.6. The van der Waals surface area contributed by atoms with Crippen molar-refractivity contribution in [1.82, 2.24) is 19.4 Å². The average molecular weight is 511 g/mol. The zero-order valence-electron chi connectivity index (χ0n) is 24.7. The molecule has 3 rings (SSSR count). The molecule has 0 aromatic carbocycles. The van der Waals surface area contributed by atoms with Crippen molar-refractivity contribution in [1.29, 1.82) is 0 Å². The summed E-state index contributed by atoms with van der Waals surface area (Å²) in [4.78, 5) is 41.8. The molecule has 7 nitrogen and oxygen atoms in total. The number of hydrogen-bond acceptors (Lipinski definition) is 4. The van der Waals surface area contributed by atoms with Crippen LogP contribution in [0, 0.1) is 6.92 Å². The van der Waals surface area contributed by atoms with Gasteiger partial charge in [0.25, 0.3) is 0 Å². The standard InChI is InChI=1S/C11H17NO.C10H15NO.C9H14N2O/c1-8-6-10(13)12(7-9(8)2)11(3,4)5;1-8-5-6-11(9(12)7-8)10(2,3)4;1-7-5-6-11(8(12)10-7)9(2,3)4/h7H,1,6H2,2-5H3;5-6H,1,7H2,2-4H3;5-6H,1-4H3. The van der Waals surface area contributed by atoms with Crippen LogP contribution in [-0.4, -0.2) is 42.2 Å². The van der Waals surface area contributed by atoms with Gasteiger partial charge < -0.3 is 9.80 Å². The molecule has 7 heteroatoms. The van der Waals surface area contributed by atoms with E-state index in [1.807, 2.05) is 101 Å². The van der Waals surface area contributed by atoms with E-state index in [2.05, 4.69) is 18.1 Å². The van der Waals surface area contributed by atoms with Gasteiger partial charge in [-0.3, -0.25) is 14.2 Å². The van der Waals surface area contributed by atoms with Crippen molar-refractivity contribution in [2.45, 2.75) is 106 Å². The van der Waals surface area contributed by atoms with E-state index in [-0.39, 0.29) is 34.1 Å². The Labute approximate surface area is 223 Å². The van der Waals surface area contributed by atoms with Crippen molar-refractivity contribution in [2.75, 3.05) is 0 Å². The largest absolute Gasteiger partial charge is 0.348 e. The van der Waals surface area contributed by atoms with Gasteiger partial charge in [0.05, 0.1) is 12.8 Å². The first-order valence-electron chi connectivity index (χ1n) is 12.6. The monoisotopic (exact) mass is 510 g/mol. The first kappa shape index (κ1) is 31.8. The van der Waals surface area contributed by atoms with Crippen LogP contribution in [0.4, 0.5) is 0 Å². The molecule has 0 spiro atoms. The molecule has 0 bridgehead atoms. The zero-order valence-corrected chi connectivity index (χ0v) is 24.7. The number of rotatable bonds is 0. The number of nitrogens with zero attached hydrogens (tertiary/aromatic N) is 4. The van der Waals surface area contributed by atoms with Crippen LogP contribution >= 0.6 is 0 Å². The topological polar surface area (TPSA) is 75.5 Å². The Morgan fingerprint density at radius 2 is 1.30 bits per heavy atom. The number of aryl methyl sites for hydroxylation is 1. The summed E-state index contributed by atoms with van der Waals surface area (Å²) in [6.07, 6.45) is 8.30. The van der Waals surface area contributed by atoms with E-state index >= 15 is 0 Å². The van der Waals surface area contributed by atoms with E-state index in [1.54, 1.807) is 20.6 Å². The van der Waals surface area contributed by atoms with Crippen LogP contribution in [0.1, 0.15) is 87.8 Å². The Bertz CT molecular complexity index is 1150. The van der Waals surface area contributed by atoms with Crippen LogP contribution < -0.4 is 5.69 Å². The first-order chi connectivity index (χ1) is 16.6. The minimum Gasteiger partial charge on any atom is -0.314 e. The molecule has 3 heterocycles. The highest BCUT2D eigenvalue weighted by atomic mass is 16.2. The third-order valence-electron chi connectivity index (χ3n) is 5.73. The van der Waals surface area contributed by atoms with E-state index in [0.717, 1.165) is 22.4 Å². The lowest BCUT2D eigenvalue weighted by atomic mass is 9.98. The van der Waals surface area contributed by atoms with Gasteiger partial charge in [-0.2, -0.15) is 4.98 Å². The zero-order chi connectivity index (χ0) is 28.9. The van der Waals surface area contributed by atoms with Gasteiger partial charge in [0, 0.05) is 40.9 Å². The molecule has 2 aliphatic heterocycles. The second-order valence-corrected chi connectivity index (χ2v) is 12.5. The molecule has 0 N–H and O–H groups in total. The van der Waals surface area contributed by atoms with Crippen molar-refractivity contribution in [3.05, 3.63) is 76.8 Å². The van der Waals surface area contributed by atoms with Crippen LogP contribution in [0.15, 0.2) is 65.4 Å². The van der Waals surface area contributed by atoms with Gasteiger partial charge in [0.15, 0.2) is 0 Å². The Kier molecular flexibility index (Phi) is 10.2. The second-order valence-electron chi connectivity index (χ2n) is 12.5. The highest BCUT2D eigenvalue weighted by molar-refractivity contribution is 5.83. The first-order valence-corrected chi connectivity index (χ1v) is 12.6. The lowest BCUT2D eigenvalue weighted by Gasteiger charge is -2.36. The number of aromatic nitrogens is 2. The molecule has 0 unspecified atom stereocenters. The molecule has 37 heavy (non-hydrogen) atoms. The van der Waals surface area contributed by atoms with E-state index < -0.39 is 0 Å². The molecular weight excluding hydrogens is 464 g/mol. The SMILES string of the molecule is C=C1C=CN(C(C)(C)C)C(=O)C1.C=C1CC(=O)N(C(C)(C)C)C=C1C.Cc1ccn(C(C)(C)C)c(=O)n1. The fourth-order valence-electron chi connectivity index (χ4n) is 3.53. The molecule has 2 aliphatic rings. The Morgan fingerprint density at radius 1 is 0.784 bits per heavy atom. The Balaban J connectivity index is 0.000000278. The number of amides is 2. The quantitative estimate of drug-likeness (QED) is 0.437. The summed E-state index contributed by atoms with van der Waals surface area (Å²) in [6, 6.07) is 1.84. The smallest absolute Gasteiger partial charge is 0.314 e. The maximum Gasteiger partial charge on any atom is 0.348 e. The number of carbonyl (C=O) groups excluding carboxylic acids is 2. The van der Waals surface area contributed by atoms with Gasteiger partial charge in [-0.1, -0.05) is 13.2 Å². The molecular formula is C30H46N4O3. The fourth-order valence-corrected chi connectivity index (χ4v) is 3.53. The van der Waals surface area contributed by atoms with Gasteiger partial charge in [0.1, 0.15) is 0 Å². The summed E-state index contributed by atoms with van der Waals surface area (Å²) in [5.41, 5.74) is 3.09. The minimum atomic E-state index is -0.183. The predicted molar refractivity (Wildman–Crippen MR) is 152 cm³/mol. The summed E-state index contributed by atoms with van der Waals surface area (Å²) in [5, 5.41) is 0. The van der Waals surface area contributed by atoms with Crippen LogP contribution in [0.3, 0.4) is 0 Å². The lowest BCUT2D eigenvalue weighted by molar-refractivity contribution is -0.132. The number of carbonyl (C=O) groups is 2. The van der Waals surface area contributed by atoms with Crippen molar-refractivity contribution in [3.8, 4) is 0 Å². The van der Waals surface area contributed by atoms with Crippen molar-refractivity contribution < 1.29 is 9.59 Å². The summed E-state index contributed by atoms with van der Waals surface area (Å²) < 4.78 is 1.62. The molecule has 0 atom stereocenters. The fraction of sp³-hybridized carbons (Fsp3) is 0.533. The third-order valence-corrected chi connectivity index (χ3v) is 5.73. The normalized spacial score (nSPS) is 16.6. The molecule has 1 aromatic rings. The molecule has 1 aromatic heterocycles. The van der Waals surface area contributed by atoms with Gasteiger partial charge in [0.2, 0.25) is 11.8 Å². The van der Waals surface area contributed by atoms with Crippen LogP contribution in [-0.2, 0) is 15.1 Å². The summed E-state index contributed by atoms with van der Waals surface area (Å²) in [5.74, 6) is 0.276. The Hall–Kier alpha value is -3.22. The summed E-state index contributed by atoms with van der Waals surface area (Å²) in [6.45, 7) is 29.5. The average Bonchev–Trinajstić information content (AvgIpc) is 2.68. The number of hydrogen-bond donors (Lipinski definition) is 0. The third kappa shape index (κ3) is 9.63. The van der Waals surface area contributed by atoms with Crippen LogP contribution in [0.25, 0.3) is 0 Å². The van der Waals surface area contributed by atoms with Crippen molar-refractivity contribution in [2.24, 2.45) is 0 Å². The van der Waals surface area contributed by atoms with Crippen LogP contribution in [0.5, 0.6) is 0 Å². The van der Waals surface area contributed by atoms with E-state index in [0.29, 0.717) is 12.8 Å². The Morgan fingerprint density at radius 3 is 1.73 bits per heavy atom. The van der Waals surface area contributed by atoms with Gasteiger partial charge in [-0.25, -0.2) is 4.79 Å². The van der Waals surface area contributed by atoms with Gasteiger partial charge >= 0.3 is 5.69 Å². The molecule has 0 saturated heterocycles. The van der Waals surface area contributed by atoms with E-state index in [1.165, 1.54) is 0 Å². The van der Waals surface area contributed by atoms with Gasteiger partial charge in [-0.05, 0) is 105 Å². The molecule has 0 fully saturated rings. The molecule has 0 radical (unpaired) electrons. The number of allylic oxidation sites excluding steroid dienone is 2. The van der Waals surface area contributed by atoms with E-state index in [4.69, 9.17) is 0 Å². The minimum absolute atomic E-state index is 0.117. The molecule has 0 saturated carbocycles.